The molecule has 0 aliphatic carbocycles. The fourth-order valence-electron chi connectivity index (χ4n) is 1.42. The molecule has 3 nitrogen and oxygen atoms in total. The maximum atomic E-state index is 12.7. The zero-order valence-corrected chi connectivity index (χ0v) is 11.6. The van der Waals surface area contributed by atoms with Gasteiger partial charge in [0.25, 0.3) is 0 Å². The first kappa shape index (κ1) is 15.4. The third-order valence-electron chi connectivity index (χ3n) is 2.22. The van der Waals surface area contributed by atoms with Gasteiger partial charge in [0, 0.05) is 5.69 Å². The summed E-state index contributed by atoms with van der Waals surface area (Å²) in [6, 6.07) is 6.56. The van der Waals surface area contributed by atoms with Crippen molar-refractivity contribution in [1.82, 2.24) is 14.8 Å². The number of aromatic nitrogens is 3. The first-order valence-electron chi connectivity index (χ1n) is 5.71. The number of hydrogen-bond donors (Lipinski definition) is 1. The van der Waals surface area contributed by atoms with Crippen molar-refractivity contribution >= 4 is 12.2 Å². The summed E-state index contributed by atoms with van der Waals surface area (Å²) in [5, 5.41) is 5.36. The molecule has 0 radical (unpaired) electrons. The molecule has 0 fully saturated rings. The van der Waals surface area contributed by atoms with Gasteiger partial charge in [-0.2, -0.15) is 13.2 Å². The molecule has 1 aromatic carbocycles. The van der Waals surface area contributed by atoms with E-state index in [4.69, 9.17) is 12.2 Å². The van der Waals surface area contributed by atoms with Crippen LogP contribution < -0.4 is 0 Å². The third kappa shape index (κ3) is 3.44. The van der Waals surface area contributed by atoms with Gasteiger partial charge in [0.05, 0.1) is 0 Å². The van der Waals surface area contributed by atoms with E-state index in [1.807, 2.05) is 20.8 Å². The van der Waals surface area contributed by atoms with Crippen LogP contribution in [-0.4, -0.2) is 14.8 Å². The van der Waals surface area contributed by atoms with Gasteiger partial charge in [-0.15, -0.1) is 5.10 Å². The summed E-state index contributed by atoms with van der Waals surface area (Å²) in [6.07, 6.45) is -4.54. The van der Waals surface area contributed by atoms with Gasteiger partial charge < -0.3 is 0 Å². The van der Waals surface area contributed by atoms with E-state index in [2.05, 4.69) is 10.2 Å². The molecule has 2 rings (SSSR count). The lowest BCUT2D eigenvalue weighted by Crippen LogP contribution is -2.13. The largest absolute Gasteiger partial charge is 0.452 e. The van der Waals surface area contributed by atoms with Gasteiger partial charge >= 0.3 is 6.18 Å². The van der Waals surface area contributed by atoms with Crippen molar-refractivity contribution in [2.24, 2.45) is 0 Å². The Morgan fingerprint density at radius 1 is 1.16 bits per heavy atom. The number of nitrogens with zero attached hydrogens (tertiary/aromatic N) is 2. The van der Waals surface area contributed by atoms with Crippen LogP contribution in [0.2, 0.25) is 0 Å². The Bertz CT molecular complexity index is 582. The van der Waals surface area contributed by atoms with E-state index in [1.54, 1.807) is 24.3 Å². The number of H-pyrrole nitrogens is 1. The molecular weight excluding hydrogens is 275 g/mol. The van der Waals surface area contributed by atoms with Crippen LogP contribution in [0.5, 0.6) is 0 Å². The van der Waals surface area contributed by atoms with Crippen molar-refractivity contribution in [3.63, 3.8) is 0 Å². The Morgan fingerprint density at radius 3 is 2.16 bits per heavy atom. The normalized spacial score (nSPS) is 10.8. The van der Waals surface area contributed by atoms with Gasteiger partial charge in [0.1, 0.15) is 0 Å². The Morgan fingerprint density at radius 2 is 1.68 bits per heavy atom. The molecule has 0 saturated carbocycles. The van der Waals surface area contributed by atoms with Crippen LogP contribution in [0.4, 0.5) is 13.2 Å². The second-order valence-electron chi connectivity index (χ2n) is 3.52. The number of aromatic amines is 1. The van der Waals surface area contributed by atoms with E-state index < -0.39 is 12.0 Å². The molecule has 104 valence electrons. The van der Waals surface area contributed by atoms with Crippen molar-refractivity contribution in [3.05, 3.63) is 40.4 Å². The van der Waals surface area contributed by atoms with Gasteiger partial charge in [-0.3, -0.25) is 9.67 Å². The quantitative estimate of drug-likeness (QED) is 0.795. The average Bonchev–Trinajstić information content (AvgIpc) is 2.75. The molecular formula is C12H14F3N3S. The van der Waals surface area contributed by atoms with Gasteiger partial charge in [-0.1, -0.05) is 31.5 Å². The molecule has 1 aromatic heterocycles. The van der Waals surface area contributed by atoms with Crippen molar-refractivity contribution in [1.29, 1.82) is 0 Å². The van der Waals surface area contributed by atoms with Crippen molar-refractivity contribution in [2.75, 3.05) is 0 Å². The van der Waals surface area contributed by atoms with E-state index in [1.165, 1.54) is 0 Å². The summed E-state index contributed by atoms with van der Waals surface area (Å²) in [5.74, 6) is -1.05. The number of halogens is 3. The Labute approximate surface area is 114 Å². The molecule has 0 atom stereocenters. The molecule has 1 N–H and O–H groups in total. The molecule has 19 heavy (non-hydrogen) atoms. The summed E-state index contributed by atoms with van der Waals surface area (Å²) >= 11 is 4.80. The highest BCUT2D eigenvalue weighted by Crippen LogP contribution is 2.29. The lowest BCUT2D eigenvalue weighted by Gasteiger charge is -2.09. The summed E-state index contributed by atoms with van der Waals surface area (Å²) in [6.45, 7) is 5.85. The van der Waals surface area contributed by atoms with E-state index in [9.17, 15) is 13.2 Å². The second kappa shape index (κ2) is 6.01. The lowest BCUT2D eigenvalue weighted by molar-refractivity contribution is -0.146. The van der Waals surface area contributed by atoms with Gasteiger partial charge in [0.15, 0.2) is 4.77 Å². The van der Waals surface area contributed by atoms with Crippen LogP contribution in [0, 0.1) is 11.7 Å². The van der Waals surface area contributed by atoms with Crippen molar-refractivity contribution in [2.45, 2.75) is 26.9 Å². The summed E-state index contributed by atoms with van der Waals surface area (Å²) in [4.78, 5) is 0. The summed E-state index contributed by atoms with van der Waals surface area (Å²) in [5.41, 5.74) is 1.29. The van der Waals surface area contributed by atoms with E-state index in [-0.39, 0.29) is 4.77 Å². The molecule has 2 aromatic rings. The van der Waals surface area contributed by atoms with Crippen LogP contribution >= 0.6 is 12.2 Å². The number of hydrogen-bond acceptors (Lipinski definition) is 2. The number of benzene rings is 1. The molecule has 7 heteroatoms. The molecule has 0 bridgehead atoms. The number of alkyl halides is 3. The zero-order chi connectivity index (χ0) is 14.6. The topological polar surface area (TPSA) is 33.6 Å². The number of rotatable bonds is 1. The molecule has 0 spiro atoms. The van der Waals surface area contributed by atoms with Crippen LogP contribution in [0.15, 0.2) is 24.3 Å². The van der Waals surface area contributed by atoms with Crippen LogP contribution in [-0.2, 0) is 6.18 Å². The van der Waals surface area contributed by atoms with E-state index in [0.29, 0.717) is 5.69 Å². The molecule has 0 unspecified atom stereocenters. The predicted octanol–water partition coefficient (Wildman–Crippen LogP) is 4.28. The summed E-state index contributed by atoms with van der Waals surface area (Å²) < 4.78 is 38.8. The van der Waals surface area contributed by atoms with Crippen LogP contribution in [0.3, 0.4) is 0 Å². The minimum Gasteiger partial charge on any atom is -0.264 e. The molecule has 0 aliphatic heterocycles. The minimum atomic E-state index is -4.54. The smallest absolute Gasteiger partial charge is 0.264 e. The minimum absolute atomic E-state index is 0.0822. The van der Waals surface area contributed by atoms with Gasteiger partial charge in [0.2, 0.25) is 5.82 Å². The standard InChI is InChI=1S/C10H8F3N3S.C2H6/c1-6-2-4-7(5-3-6)16-8(10(11,12)13)14-15-9(16)17;1-2/h2-5H,1H3,(H,15,17);1-2H3. The molecule has 0 aliphatic rings. The fraction of sp³-hybridized carbons (Fsp3) is 0.333. The van der Waals surface area contributed by atoms with E-state index >= 15 is 0 Å². The van der Waals surface area contributed by atoms with Crippen molar-refractivity contribution < 1.29 is 13.2 Å². The SMILES string of the molecule is CC.Cc1ccc(-n2c(C(F)(F)F)n[nH]c2=S)cc1. The lowest BCUT2D eigenvalue weighted by atomic mass is 10.2. The second-order valence-corrected chi connectivity index (χ2v) is 3.91. The first-order valence-corrected chi connectivity index (χ1v) is 6.12. The maximum Gasteiger partial charge on any atom is 0.452 e. The highest BCUT2D eigenvalue weighted by atomic mass is 32.1. The van der Waals surface area contributed by atoms with Crippen LogP contribution in [0.25, 0.3) is 5.69 Å². The Kier molecular flexibility index (Phi) is 4.88. The van der Waals surface area contributed by atoms with E-state index in [0.717, 1.165) is 10.1 Å². The van der Waals surface area contributed by atoms with Gasteiger partial charge in [-0.05, 0) is 31.3 Å². The molecule has 0 saturated heterocycles. The summed E-state index contributed by atoms with van der Waals surface area (Å²) in [7, 11) is 0. The van der Waals surface area contributed by atoms with Crippen LogP contribution in [0.1, 0.15) is 25.2 Å². The maximum absolute atomic E-state index is 12.7. The number of aryl methyl sites for hydroxylation is 1. The zero-order valence-electron chi connectivity index (χ0n) is 10.7. The fourth-order valence-corrected chi connectivity index (χ4v) is 1.66. The molecule has 0 amide bonds. The predicted molar refractivity (Wildman–Crippen MR) is 69.8 cm³/mol. The first-order chi connectivity index (χ1) is 8.89. The van der Waals surface area contributed by atoms with Gasteiger partial charge in [-0.25, -0.2) is 0 Å². The highest BCUT2D eigenvalue weighted by molar-refractivity contribution is 7.71. The van der Waals surface area contributed by atoms with Crippen molar-refractivity contribution in [3.8, 4) is 5.69 Å². The Hall–Kier alpha value is -1.63. The average molecular weight is 289 g/mol. The highest BCUT2D eigenvalue weighted by Gasteiger charge is 2.37. The Balaban J connectivity index is 0.000000861. The monoisotopic (exact) mass is 289 g/mol. The number of nitrogens with one attached hydrogen (secondary N) is 1. The molecule has 1 heterocycles. The third-order valence-corrected chi connectivity index (χ3v) is 2.49.